The van der Waals surface area contributed by atoms with Gasteiger partial charge in [0, 0.05) is 0 Å². The van der Waals surface area contributed by atoms with Crippen LogP contribution in [0.1, 0.15) is 60.8 Å². The Balaban J connectivity index is 0.000000217. The number of hydrogen-bond donors (Lipinski definition) is 0. The fourth-order valence-corrected chi connectivity index (χ4v) is 1.49. The van der Waals surface area contributed by atoms with E-state index in [2.05, 4.69) is 41.5 Å². The molecule has 0 saturated heterocycles. The van der Waals surface area contributed by atoms with Crippen molar-refractivity contribution in [3.8, 4) is 0 Å². The first kappa shape index (κ1) is 12.0. The molecule has 1 saturated carbocycles. The average Bonchev–Trinajstić information content (AvgIpc) is 2.09. The zero-order valence-electron chi connectivity index (χ0n) is 9.78. The van der Waals surface area contributed by atoms with Gasteiger partial charge in [0.05, 0.1) is 0 Å². The molecule has 74 valence electrons. The molecular formula is C12H26. The van der Waals surface area contributed by atoms with E-state index in [0.29, 0.717) is 5.41 Å². The van der Waals surface area contributed by atoms with Crippen molar-refractivity contribution in [2.45, 2.75) is 60.8 Å². The van der Waals surface area contributed by atoms with Gasteiger partial charge in [0.25, 0.3) is 0 Å². The topological polar surface area (TPSA) is 0 Å². The molecule has 0 heteroatoms. The predicted molar refractivity (Wildman–Crippen MR) is 57.3 cm³/mol. The Morgan fingerprint density at radius 2 is 1.08 bits per heavy atom. The SMILES string of the molecule is CC(C)(C)C.CC1CCC(C)C1. The van der Waals surface area contributed by atoms with Crippen LogP contribution in [0.4, 0.5) is 0 Å². The van der Waals surface area contributed by atoms with Gasteiger partial charge in [-0.15, -0.1) is 0 Å². The fraction of sp³-hybridized carbons (Fsp3) is 1.00. The third-order valence-electron chi connectivity index (χ3n) is 1.96. The Kier molecular flexibility index (Phi) is 4.89. The van der Waals surface area contributed by atoms with E-state index in [1.807, 2.05) is 0 Å². The van der Waals surface area contributed by atoms with Crippen LogP contribution in [0.15, 0.2) is 0 Å². The summed E-state index contributed by atoms with van der Waals surface area (Å²) in [5.74, 6) is 2.05. The Labute approximate surface area is 78.8 Å². The van der Waals surface area contributed by atoms with Gasteiger partial charge in [-0.05, 0) is 23.7 Å². The first-order valence-corrected chi connectivity index (χ1v) is 5.29. The van der Waals surface area contributed by atoms with Crippen molar-refractivity contribution in [2.24, 2.45) is 17.3 Å². The standard InChI is InChI=1S/C7H14.C5H12/c1-6-3-4-7(2)5-6;1-5(2,3)4/h6-7H,3-5H2,1-2H3;1-4H3. The van der Waals surface area contributed by atoms with Crippen LogP contribution in [0.3, 0.4) is 0 Å². The summed E-state index contributed by atoms with van der Waals surface area (Å²) < 4.78 is 0. The molecule has 1 rings (SSSR count). The lowest BCUT2D eigenvalue weighted by Gasteiger charge is -2.05. The Morgan fingerprint density at radius 1 is 0.833 bits per heavy atom. The second kappa shape index (κ2) is 4.89. The number of hydrogen-bond acceptors (Lipinski definition) is 0. The maximum Gasteiger partial charge on any atom is -0.0411 e. The van der Waals surface area contributed by atoms with Gasteiger partial charge in [-0.25, -0.2) is 0 Å². The summed E-state index contributed by atoms with van der Waals surface area (Å²) in [6.45, 7) is 13.5. The highest BCUT2D eigenvalue weighted by Gasteiger charge is 2.15. The summed E-state index contributed by atoms with van der Waals surface area (Å²) in [7, 11) is 0. The van der Waals surface area contributed by atoms with Gasteiger partial charge in [-0.3, -0.25) is 0 Å². The molecule has 1 aliphatic carbocycles. The average molecular weight is 170 g/mol. The minimum Gasteiger partial charge on any atom is -0.0625 e. The highest BCUT2D eigenvalue weighted by Crippen LogP contribution is 2.29. The molecule has 0 amide bonds. The summed E-state index contributed by atoms with van der Waals surface area (Å²) in [6.07, 6.45) is 4.42. The molecule has 0 heterocycles. The normalized spacial score (nSPS) is 29.5. The quantitative estimate of drug-likeness (QED) is 0.502. The van der Waals surface area contributed by atoms with Crippen molar-refractivity contribution in [3.63, 3.8) is 0 Å². The molecule has 0 aromatic heterocycles. The number of rotatable bonds is 0. The van der Waals surface area contributed by atoms with Gasteiger partial charge in [0.1, 0.15) is 0 Å². The maximum atomic E-state index is 2.35. The first-order chi connectivity index (χ1) is 5.29. The molecule has 1 fully saturated rings. The third-order valence-corrected chi connectivity index (χ3v) is 1.96. The molecule has 1 aliphatic rings. The van der Waals surface area contributed by atoms with Crippen LogP contribution in [0.25, 0.3) is 0 Å². The van der Waals surface area contributed by atoms with Gasteiger partial charge in [0.2, 0.25) is 0 Å². The van der Waals surface area contributed by atoms with E-state index in [4.69, 9.17) is 0 Å². The van der Waals surface area contributed by atoms with Crippen LogP contribution < -0.4 is 0 Å². The third kappa shape index (κ3) is 10.0. The van der Waals surface area contributed by atoms with Crippen molar-refractivity contribution in [2.75, 3.05) is 0 Å². The second-order valence-electron chi connectivity index (χ2n) is 6.02. The van der Waals surface area contributed by atoms with Crippen LogP contribution in [-0.2, 0) is 0 Å². The molecule has 0 spiro atoms. The van der Waals surface area contributed by atoms with Gasteiger partial charge in [-0.1, -0.05) is 54.4 Å². The lowest BCUT2D eigenvalue weighted by atomic mass is 10.0. The lowest BCUT2D eigenvalue weighted by molar-refractivity contribution is 0.469. The highest BCUT2D eigenvalue weighted by molar-refractivity contribution is 4.68. The van der Waals surface area contributed by atoms with Gasteiger partial charge in [0.15, 0.2) is 0 Å². The first-order valence-electron chi connectivity index (χ1n) is 5.29. The summed E-state index contributed by atoms with van der Waals surface area (Å²) in [6, 6.07) is 0. The summed E-state index contributed by atoms with van der Waals surface area (Å²) >= 11 is 0. The molecule has 0 bridgehead atoms. The minimum absolute atomic E-state index is 0.500. The minimum atomic E-state index is 0.500. The van der Waals surface area contributed by atoms with Crippen LogP contribution in [0.5, 0.6) is 0 Å². The van der Waals surface area contributed by atoms with Crippen LogP contribution in [-0.4, -0.2) is 0 Å². The van der Waals surface area contributed by atoms with E-state index in [1.165, 1.54) is 19.3 Å². The van der Waals surface area contributed by atoms with Gasteiger partial charge in [-0.2, -0.15) is 0 Å². The largest absolute Gasteiger partial charge is 0.0625 e. The second-order valence-corrected chi connectivity index (χ2v) is 6.02. The molecule has 0 aliphatic heterocycles. The Bertz CT molecular complexity index is 93.7. The van der Waals surface area contributed by atoms with E-state index in [-0.39, 0.29) is 0 Å². The van der Waals surface area contributed by atoms with Crippen molar-refractivity contribution in [1.29, 1.82) is 0 Å². The monoisotopic (exact) mass is 170 g/mol. The summed E-state index contributed by atoms with van der Waals surface area (Å²) in [5, 5.41) is 0. The molecule has 0 nitrogen and oxygen atoms in total. The Morgan fingerprint density at radius 3 is 1.17 bits per heavy atom. The van der Waals surface area contributed by atoms with Crippen molar-refractivity contribution in [1.82, 2.24) is 0 Å². The van der Waals surface area contributed by atoms with E-state index < -0.39 is 0 Å². The van der Waals surface area contributed by atoms with Crippen molar-refractivity contribution >= 4 is 0 Å². The zero-order valence-corrected chi connectivity index (χ0v) is 9.78. The summed E-state index contributed by atoms with van der Waals surface area (Å²) in [5.41, 5.74) is 0.500. The smallest absolute Gasteiger partial charge is 0.0411 e. The summed E-state index contributed by atoms with van der Waals surface area (Å²) in [4.78, 5) is 0. The van der Waals surface area contributed by atoms with Crippen molar-refractivity contribution in [3.05, 3.63) is 0 Å². The van der Waals surface area contributed by atoms with E-state index in [1.54, 1.807) is 0 Å². The van der Waals surface area contributed by atoms with Crippen LogP contribution >= 0.6 is 0 Å². The van der Waals surface area contributed by atoms with Crippen LogP contribution in [0.2, 0.25) is 0 Å². The Hall–Kier alpha value is 0. The van der Waals surface area contributed by atoms with E-state index in [0.717, 1.165) is 11.8 Å². The zero-order chi connectivity index (χ0) is 9.78. The van der Waals surface area contributed by atoms with Crippen molar-refractivity contribution < 1.29 is 0 Å². The maximum absolute atomic E-state index is 2.35. The lowest BCUT2D eigenvalue weighted by Crippen LogP contribution is -1.93. The predicted octanol–water partition coefficient (Wildman–Crippen LogP) is 4.49. The molecule has 0 aromatic rings. The molecule has 12 heavy (non-hydrogen) atoms. The molecular weight excluding hydrogens is 144 g/mol. The van der Waals surface area contributed by atoms with E-state index >= 15 is 0 Å². The molecule has 0 N–H and O–H groups in total. The molecule has 2 unspecified atom stereocenters. The molecule has 0 aromatic carbocycles. The fourth-order valence-electron chi connectivity index (χ4n) is 1.49. The van der Waals surface area contributed by atoms with Gasteiger partial charge < -0.3 is 0 Å². The van der Waals surface area contributed by atoms with Gasteiger partial charge >= 0.3 is 0 Å². The molecule has 2 atom stereocenters. The van der Waals surface area contributed by atoms with Crippen LogP contribution in [0, 0.1) is 17.3 Å². The highest BCUT2D eigenvalue weighted by atomic mass is 14.2. The van der Waals surface area contributed by atoms with E-state index in [9.17, 15) is 0 Å². The molecule has 0 radical (unpaired) electrons.